The van der Waals surface area contributed by atoms with E-state index in [1.165, 1.54) is 12.1 Å². The molecule has 10 heteroatoms. The molecule has 0 saturated carbocycles. The van der Waals surface area contributed by atoms with E-state index in [0.29, 0.717) is 22.3 Å². The lowest BCUT2D eigenvalue weighted by Crippen LogP contribution is -2.21. The third-order valence-electron chi connectivity index (χ3n) is 6.94. The van der Waals surface area contributed by atoms with E-state index in [4.69, 9.17) is 4.42 Å². The van der Waals surface area contributed by atoms with Crippen LogP contribution in [-0.4, -0.2) is 38.9 Å². The minimum absolute atomic E-state index is 0.0388. The number of fused-ring (bicyclic) bond motifs is 1. The molecule has 0 spiro atoms. The van der Waals surface area contributed by atoms with Crippen LogP contribution in [-0.2, 0) is 0 Å². The molecule has 3 aromatic carbocycles. The van der Waals surface area contributed by atoms with Gasteiger partial charge in [-0.2, -0.15) is 4.80 Å². The minimum atomic E-state index is -0.473. The molecule has 0 radical (unpaired) electrons. The zero-order valence-electron chi connectivity index (χ0n) is 23.1. The van der Waals surface area contributed by atoms with Crippen molar-refractivity contribution in [2.75, 3.05) is 23.3 Å². The maximum atomic E-state index is 13.0. The van der Waals surface area contributed by atoms with E-state index in [2.05, 4.69) is 46.4 Å². The summed E-state index contributed by atoms with van der Waals surface area (Å²) in [6, 6.07) is 17.8. The highest BCUT2D eigenvalue weighted by Gasteiger charge is 2.21. The molecule has 0 saturated heterocycles. The molecule has 0 aliphatic rings. The summed E-state index contributed by atoms with van der Waals surface area (Å²) < 4.78 is 5.73. The highest BCUT2D eigenvalue weighted by Crippen LogP contribution is 2.32. The van der Waals surface area contributed by atoms with E-state index in [1.54, 1.807) is 36.0 Å². The number of nitrogens with one attached hydrogen (secondary N) is 1. The summed E-state index contributed by atoms with van der Waals surface area (Å²) in [5, 5.41) is 23.7. The van der Waals surface area contributed by atoms with E-state index >= 15 is 0 Å². The van der Waals surface area contributed by atoms with Crippen molar-refractivity contribution < 1.29 is 14.1 Å². The van der Waals surface area contributed by atoms with Crippen LogP contribution in [0.3, 0.4) is 0 Å². The van der Waals surface area contributed by atoms with E-state index in [9.17, 15) is 14.9 Å². The van der Waals surface area contributed by atoms with E-state index in [1.807, 2.05) is 26.0 Å². The second-order valence-corrected chi connectivity index (χ2v) is 9.68. The van der Waals surface area contributed by atoms with Crippen molar-refractivity contribution >= 4 is 34.0 Å². The number of benzene rings is 3. The second kappa shape index (κ2) is 10.6. The summed E-state index contributed by atoms with van der Waals surface area (Å²) in [6.07, 6.45) is 0. The number of aryl methyl sites for hydroxylation is 3. The van der Waals surface area contributed by atoms with Gasteiger partial charge in [0.25, 0.3) is 11.6 Å². The molecule has 5 rings (SSSR count). The molecule has 2 heterocycles. The van der Waals surface area contributed by atoms with Crippen LogP contribution in [0.15, 0.2) is 65.1 Å². The van der Waals surface area contributed by atoms with Gasteiger partial charge in [0.2, 0.25) is 0 Å². The first-order valence-corrected chi connectivity index (χ1v) is 13.1. The Morgan fingerprint density at radius 2 is 1.68 bits per heavy atom. The van der Waals surface area contributed by atoms with Crippen LogP contribution in [0.4, 0.5) is 17.1 Å². The van der Waals surface area contributed by atoms with E-state index < -0.39 is 10.8 Å². The number of nitro benzene ring substituents is 1. The van der Waals surface area contributed by atoms with Crippen molar-refractivity contribution in [1.82, 2.24) is 15.0 Å². The summed E-state index contributed by atoms with van der Waals surface area (Å²) in [5.74, 6) is -0.190. The molecule has 0 fully saturated rings. The molecule has 1 N–H and O–H groups in total. The normalized spacial score (nSPS) is 11.1. The molecule has 40 heavy (non-hydrogen) atoms. The van der Waals surface area contributed by atoms with Crippen LogP contribution in [0.5, 0.6) is 0 Å². The lowest BCUT2D eigenvalue weighted by Gasteiger charge is -2.22. The number of rotatable bonds is 8. The van der Waals surface area contributed by atoms with Crippen molar-refractivity contribution in [1.29, 1.82) is 0 Å². The fraction of sp³-hybridized carbons (Fsp3) is 0.233. The van der Waals surface area contributed by atoms with Gasteiger partial charge in [0.1, 0.15) is 16.8 Å². The molecule has 2 aromatic heterocycles. The zero-order valence-corrected chi connectivity index (χ0v) is 23.1. The van der Waals surface area contributed by atoms with Crippen LogP contribution < -0.4 is 10.2 Å². The van der Waals surface area contributed by atoms with Crippen LogP contribution in [0.1, 0.15) is 41.1 Å². The Morgan fingerprint density at radius 3 is 2.35 bits per heavy atom. The number of hydrogen-bond acceptors (Lipinski definition) is 7. The number of carbonyl (C=O) groups excluding carboxylic acids is 1. The maximum Gasteiger partial charge on any atom is 0.291 e. The number of hydrogen-bond donors (Lipinski definition) is 1. The lowest BCUT2D eigenvalue weighted by molar-refractivity contribution is -0.384. The smallest absolute Gasteiger partial charge is 0.291 e. The third-order valence-corrected chi connectivity index (χ3v) is 6.94. The summed E-state index contributed by atoms with van der Waals surface area (Å²) >= 11 is 0. The maximum absolute atomic E-state index is 13.0. The third kappa shape index (κ3) is 5.03. The number of furan rings is 1. The van der Waals surface area contributed by atoms with Crippen LogP contribution in [0, 0.1) is 30.9 Å². The molecule has 1 amide bonds. The van der Waals surface area contributed by atoms with Gasteiger partial charge in [-0.25, -0.2) is 0 Å². The Labute approximate surface area is 231 Å². The molecular weight excluding hydrogens is 508 g/mol. The fourth-order valence-electron chi connectivity index (χ4n) is 4.75. The zero-order chi connectivity index (χ0) is 28.6. The van der Waals surface area contributed by atoms with Crippen molar-refractivity contribution in [3.63, 3.8) is 0 Å². The molecular formula is C30H30N6O4. The first-order valence-electron chi connectivity index (χ1n) is 13.1. The van der Waals surface area contributed by atoms with Crippen molar-refractivity contribution in [2.24, 2.45) is 0 Å². The largest absolute Gasteiger partial charge is 0.451 e. The van der Waals surface area contributed by atoms with Gasteiger partial charge in [-0.15, -0.1) is 10.2 Å². The van der Waals surface area contributed by atoms with Gasteiger partial charge in [-0.05, 0) is 99.8 Å². The summed E-state index contributed by atoms with van der Waals surface area (Å²) in [6.45, 7) is 11.8. The van der Waals surface area contributed by atoms with Gasteiger partial charge in [0, 0.05) is 30.5 Å². The SMILES string of the molecule is CCN(CC)c1ccc(-n2nc3cc(C)c(NC(=O)c4ccc(-c5ccc(C)cc5[N+](=O)[O-])o4)cc3n2)c(C)c1. The highest BCUT2D eigenvalue weighted by atomic mass is 16.6. The van der Waals surface area contributed by atoms with E-state index in [-0.39, 0.29) is 17.2 Å². The Hall–Kier alpha value is -4.99. The van der Waals surface area contributed by atoms with Gasteiger partial charge in [0.05, 0.1) is 16.2 Å². The molecule has 204 valence electrons. The molecule has 0 atom stereocenters. The number of amides is 1. The highest BCUT2D eigenvalue weighted by molar-refractivity contribution is 6.04. The topological polar surface area (TPSA) is 119 Å². The second-order valence-electron chi connectivity index (χ2n) is 9.68. The molecule has 5 aromatic rings. The standard InChI is InChI=1S/C30H30N6O4/c1-6-34(7-2)21-9-11-26(20(5)15-21)35-32-24-16-19(4)23(17-25(24)33-35)31-30(37)29-13-12-28(40-29)22-10-8-18(3)14-27(22)36(38)39/h8-17H,6-7H2,1-5H3,(H,31,37). The molecule has 0 aliphatic carbocycles. The summed E-state index contributed by atoms with van der Waals surface area (Å²) in [5.41, 5.74) is 6.78. The molecule has 0 aliphatic heterocycles. The van der Waals surface area contributed by atoms with Crippen molar-refractivity contribution in [3.05, 3.63) is 93.2 Å². The summed E-state index contributed by atoms with van der Waals surface area (Å²) in [4.78, 5) is 28.0. The number of carbonyl (C=O) groups is 1. The van der Waals surface area contributed by atoms with Gasteiger partial charge >= 0.3 is 0 Å². The van der Waals surface area contributed by atoms with Crippen molar-refractivity contribution in [2.45, 2.75) is 34.6 Å². The average Bonchev–Trinajstić information content (AvgIpc) is 3.57. The number of anilines is 2. The Kier molecular flexibility index (Phi) is 7.08. The van der Waals surface area contributed by atoms with Gasteiger partial charge < -0.3 is 14.6 Å². The van der Waals surface area contributed by atoms with E-state index in [0.717, 1.165) is 41.2 Å². The fourth-order valence-corrected chi connectivity index (χ4v) is 4.75. The molecule has 0 unspecified atom stereocenters. The van der Waals surface area contributed by atoms with Crippen molar-refractivity contribution in [3.8, 4) is 17.0 Å². The quantitative estimate of drug-likeness (QED) is 0.174. The van der Waals surface area contributed by atoms with Gasteiger partial charge in [0.15, 0.2) is 5.76 Å². The van der Waals surface area contributed by atoms with Crippen LogP contribution in [0.2, 0.25) is 0 Å². The van der Waals surface area contributed by atoms with Gasteiger partial charge in [-0.1, -0.05) is 6.07 Å². The number of nitrogens with zero attached hydrogens (tertiary/aromatic N) is 5. The average molecular weight is 539 g/mol. The first-order chi connectivity index (χ1) is 19.2. The lowest BCUT2D eigenvalue weighted by atomic mass is 10.1. The number of nitro groups is 1. The van der Waals surface area contributed by atoms with Gasteiger partial charge in [-0.3, -0.25) is 14.9 Å². The van der Waals surface area contributed by atoms with Crippen LogP contribution >= 0.6 is 0 Å². The Bertz CT molecular complexity index is 1750. The number of aromatic nitrogens is 3. The predicted molar refractivity (Wildman–Crippen MR) is 155 cm³/mol. The first kappa shape index (κ1) is 26.6. The monoisotopic (exact) mass is 538 g/mol. The Balaban J connectivity index is 1.40. The Morgan fingerprint density at radius 1 is 0.950 bits per heavy atom. The molecule has 10 nitrogen and oxygen atoms in total. The predicted octanol–water partition coefficient (Wildman–Crippen LogP) is 6.61. The molecule has 0 bridgehead atoms. The summed E-state index contributed by atoms with van der Waals surface area (Å²) in [7, 11) is 0. The minimum Gasteiger partial charge on any atom is -0.451 e. The van der Waals surface area contributed by atoms with Crippen LogP contribution in [0.25, 0.3) is 28.0 Å².